The van der Waals surface area contributed by atoms with Crippen molar-refractivity contribution in [3.8, 4) is 5.75 Å². The molecule has 1 N–H and O–H groups in total. The van der Waals surface area contributed by atoms with Crippen molar-refractivity contribution >= 4 is 17.5 Å². The van der Waals surface area contributed by atoms with Crippen LogP contribution in [-0.2, 0) is 11.3 Å². The molecule has 3 nitrogen and oxygen atoms in total. The third-order valence-corrected chi connectivity index (χ3v) is 2.72. The minimum absolute atomic E-state index is 0.153. The molecule has 0 aliphatic carbocycles. The molecule has 4 heteroatoms. The molecule has 0 aliphatic rings. The number of nitrogens with one attached hydrogen (secondary N) is 1. The molecule has 1 aromatic rings. The second kappa shape index (κ2) is 7.98. The predicted octanol–water partition coefficient (Wildman–Crippen LogP) is 3.11. The van der Waals surface area contributed by atoms with Crippen molar-refractivity contribution in [3.63, 3.8) is 0 Å². The standard InChI is InChI=1S/C14H20ClNO2/c1-3-4-9-18-13-7-5-12(6-8-13)10-16-14(17)11(2)15/h5-8,11H,3-4,9-10H2,1-2H3,(H,16,17). The second-order valence-electron chi connectivity index (χ2n) is 4.18. The number of alkyl halides is 1. The van der Waals surface area contributed by atoms with E-state index >= 15 is 0 Å². The van der Waals surface area contributed by atoms with Crippen molar-refractivity contribution in [2.24, 2.45) is 0 Å². The largest absolute Gasteiger partial charge is 0.494 e. The fraction of sp³-hybridized carbons (Fsp3) is 0.500. The lowest BCUT2D eigenvalue weighted by atomic mass is 10.2. The van der Waals surface area contributed by atoms with Gasteiger partial charge < -0.3 is 10.1 Å². The number of ether oxygens (including phenoxy) is 1. The zero-order valence-corrected chi connectivity index (χ0v) is 11.7. The van der Waals surface area contributed by atoms with Crippen LogP contribution in [0.3, 0.4) is 0 Å². The van der Waals surface area contributed by atoms with Crippen LogP contribution in [0.15, 0.2) is 24.3 Å². The molecule has 1 unspecified atom stereocenters. The third-order valence-electron chi connectivity index (χ3n) is 2.52. The van der Waals surface area contributed by atoms with Crippen LogP contribution in [0.5, 0.6) is 5.75 Å². The average Bonchev–Trinajstić information content (AvgIpc) is 2.37. The lowest BCUT2D eigenvalue weighted by Gasteiger charge is -2.08. The van der Waals surface area contributed by atoms with Crippen molar-refractivity contribution in [1.82, 2.24) is 5.32 Å². The summed E-state index contributed by atoms with van der Waals surface area (Å²) in [5, 5.41) is 2.26. The highest BCUT2D eigenvalue weighted by atomic mass is 35.5. The van der Waals surface area contributed by atoms with Crippen LogP contribution >= 0.6 is 11.6 Å². The molecule has 0 fully saturated rings. The molecule has 0 heterocycles. The molecule has 1 rings (SSSR count). The van der Waals surface area contributed by atoms with Gasteiger partial charge in [0, 0.05) is 6.54 Å². The average molecular weight is 270 g/mol. The molecule has 0 saturated heterocycles. The number of hydrogen-bond acceptors (Lipinski definition) is 2. The lowest BCUT2D eigenvalue weighted by molar-refractivity contribution is -0.120. The summed E-state index contributed by atoms with van der Waals surface area (Å²) in [6.07, 6.45) is 2.19. The summed E-state index contributed by atoms with van der Waals surface area (Å²) in [4.78, 5) is 11.3. The van der Waals surface area contributed by atoms with E-state index in [1.54, 1.807) is 6.92 Å². The number of hydrogen-bond donors (Lipinski definition) is 1. The number of carbonyl (C=O) groups excluding carboxylic acids is 1. The van der Waals surface area contributed by atoms with E-state index in [0.717, 1.165) is 30.8 Å². The summed E-state index contributed by atoms with van der Waals surface area (Å²) in [5.41, 5.74) is 1.03. The maximum atomic E-state index is 11.3. The maximum Gasteiger partial charge on any atom is 0.238 e. The summed E-state index contributed by atoms with van der Waals surface area (Å²) in [6.45, 7) is 5.02. The van der Waals surface area contributed by atoms with Crippen molar-refractivity contribution in [3.05, 3.63) is 29.8 Å². The molecule has 1 atom stereocenters. The first-order valence-corrected chi connectivity index (χ1v) is 6.70. The van der Waals surface area contributed by atoms with Crippen LogP contribution in [-0.4, -0.2) is 17.9 Å². The minimum atomic E-state index is -0.498. The maximum absolute atomic E-state index is 11.3. The van der Waals surface area contributed by atoms with Gasteiger partial charge in [-0.2, -0.15) is 0 Å². The van der Waals surface area contributed by atoms with Crippen LogP contribution in [0.4, 0.5) is 0 Å². The van der Waals surface area contributed by atoms with E-state index in [2.05, 4.69) is 12.2 Å². The Balaban J connectivity index is 2.38. The van der Waals surface area contributed by atoms with Crippen LogP contribution in [0.1, 0.15) is 32.3 Å². The Morgan fingerprint density at radius 2 is 2.06 bits per heavy atom. The summed E-state index contributed by atoms with van der Waals surface area (Å²) in [7, 11) is 0. The Bertz CT molecular complexity index is 363. The normalized spacial score (nSPS) is 11.9. The van der Waals surface area contributed by atoms with Gasteiger partial charge in [-0.1, -0.05) is 25.5 Å². The summed E-state index contributed by atoms with van der Waals surface area (Å²) in [5.74, 6) is 0.712. The Hall–Kier alpha value is -1.22. The van der Waals surface area contributed by atoms with Crippen molar-refractivity contribution < 1.29 is 9.53 Å². The van der Waals surface area contributed by atoms with Gasteiger partial charge in [-0.3, -0.25) is 4.79 Å². The molecular formula is C14H20ClNO2. The van der Waals surface area contributed by atoms with Gasteiger partial charge in [0.15, 0.2) is 0 Å². The molecule has 1 aromatic carbocycles. The van der Waals surface area contributed by atoms with Gasteiger partial charge in [-0.05, 0) is 31.0 Å². The highest BCUT2D eigenvalue weighted by Crippen LogP contribution is 2.12. The van der Waals surface area contributed by atoms with Gasteiger partial charge in [0.1, 0.15) is 11.1 Å². The molecule has 18 heavy (non-hydrogen) atoms. The number of rotatable bonds is 7. The fourth-order valence-corrected chi connectivity index (χ4v) is 1.44. The summed E-state index contributed by atoms with van der Waals surface area (Å²) >= 11 is 5.66. The Labute approximate surface area is 113 Å². The lowest BCUT2D eigenvalue weighted by Crippen LogP contribution is -2.28. The molecule has 100 valence electrons. The van der Waals surface area contributed by atoms with E-state index < -0.39 is 5.38 Å². The van der Waals surface area contributed by atoms with Crippen molar-refractivity contribution in [1.29, 1.82) is 0 Å². The molecule has 0 spiro atoms. The molecule has 0 bridgehead atoms. The Kier molecular flexibility index (Phi) is 6.58. The predicted molar refractivity (Wildman–Crippen MR) is 74.0 cm³/mol. The summed E-state index contributed by atoms with van der Waals surface area (Å²) < 4.78 is 5.56. The molecule has 0 aromatic heterocycles. The van der Waals surface area contributed by atoms with Gasteiger partial charge in [0.05, 0.1) is 6.61 Å². The molecule has 1 amide bonds. The van der Waals surface area contributed by atoms with E-state index in [-0.39, 0.29) is 5.91 Å². The van der Waals surface area contributed by atoms with Crippen molar-refractivity contribution in [2.45, 2.75) is 38.6 Å². The number of unbranched alkanes of at least 4 members (excludes halogenated alkanes) is 1. The van der Waals surface area contributed by atoms with E-state index in [4.69, 9.17) is 16.3 Å². The van der Waals surface area contributed by atoms with E-state index in [1.807, 2.05) is 24.3 Å². The van der Waals surface area contributed by atoms with Gasteiger partial charge in [0.25, 0.3) is 0 Å². The number of carbonyl (C=O) groups is 1. The van der Waals surface area contributed by atoms with Crippen LogP contribution in [0.25, 0.3) is 0 Å². The fourth-order valence-electron chi connectivity index (χ4n) is 1.37. The van der Waals surface area contributed by atoms with Crippen molar-refractivity contribution in [2.75, 3.05) is 6.61 Å². The zero-order chi connectivity index (χ0) is 13.4. The topological polar surface area (TPSA) is 38.3 Å². The number of amides is 1. The minimum Gasteiger partial charge on any atom is -0.494 e. The van der Waals surface area contributed by atoms with E-state index in [9.17, 15) is 4.79 Å². The first kappa shape index (κ1) is 14.8. The number of benzene rings is 1. The van der Waals surface area contributed by atoms with Gasteiger partial charge in [0.2, 0.25) is 5.91 Å². The van der Waals surface area contributed by atoms with Crippen LogP contribution in [0, 0.1) is 0 Å². The Morgan fingerprint density at radius 3 is 2.61 bits per heavy atom. The van der Waals surface area contributed by atoms with Crippen LogP contribution in [0.2, 0.25) is 0 Å². The van der Waals surface area contributed by atoms with E-state index in [0.29, 0.717) is 6.54 Å². The highest BCUT2D eigenvalue weighted by Gasteiger charge is 2.07. The molecular weight excluding hydrogens is 250 g/mol. The molecule has 0 radical (unpaired) electrons. The Morgan fingerprint density at radius 1 is 1.39 bits per heavy atom. The van der Waals surface area contributed by atoms with E-state index in [1.165, 1.54) is 0 Å². The molecule has 0 saturated carbocycles. The van der Waals surface area contributed by atoms with Gasteiger partial charge in [-0.15, -0.1) is 11.6 Å². The van der Waals surface area contributed by atoms with Gasteiger partial charge in [-0.25, -0.2) is 0 Å². The SMILES string of the molecule is CCCCOc1ccc(CNC(=O)C(C)Cl)cc1. The monoisotopic (exact) mass is 269 g/mol. The van der Waals surface area contributed by atoms with Gasteiger partial charge >= 0.3 is 0 Å². The highest BCUT2D eigenvalue weighted by molar-refractivity contribution is 6.30. The zero-order valence-electron chi connectivity index (χ0n) is 10.9. The van der Waals surface area contributed by atoms with Crippen LogP contribution < -0.4 is 10.1 Å². The first-order chi connectivity index (χ1) is 8.63. The first-order valence-electron chi connectivity index (χ1n) is 6.27. The second-order valence-corrected chi connectivity index (χ2v) is 4.83. The third kappa shape index (κ3) is 5.41. The summed E-state index contributed by atoms with van der Waals surface area (Å²) in [6, 6.07) is 7.73. The molecule has 0 aliphatic heterocycles. The quantitative estimate of drug-likeness (QED) is 0.610. The number of halogens is 1. The smallest absolute Gasteiger partial charge is 0.238 e.